The number of hydrogen-bond donors (Lipinski definition) is 0. The molecule has 0 radical (unpaired) electrons. The summed E-state index contributed by atoms with van der Waals surface area (Å²) >= 11 is 0. The molecule has 1 aliphatic heterocycles. The molecule has 1 atom stereocenters. The van der Waals surface area contributed by atoms with Gasteiger partial charge in [-0.05, 0) is 61.8 Å². The molecule has 3 rings (SSSR count). The predicted molar refractivity (Wildman–Crippen MR) is 87.9 cm³/mol. The fraction of sp³-hybridized carbons (Fsp3) is 0.278. The van der Waals surface area contributed by atoms with Crippen LogP contribution in [0.1, 0.15) is 23.5 Å². The van der Waals surface area contributed by atoms with Crippen molar-refractivity contribution in [2.45, 2.75) is 22.1 Å². The minimum Gasteiger partial charge on any atom is -0.306 e. The van der Waals surface area contributed by atoms with Crippen molar-refractivity contribution in [3.63, 3.8) is 0 Å². The highest BCUT2D eigenvalue weighted by molar-refractivity contribution is 7.91. The average molecular weight is 344 g/mol. The van der Waals surface area contributed by atoms with Gasteiger partial charge in [-0.1, -0.05) is 12.1 Å². The first-order valence-electron chi connectivity index (χ1n) is 7.65. The highest BCUT2D eigenvalue weighted by atomic mass is 32.2. The second-order valence-corrected chi connectivity index (χ2v) is 8.02. The minimum absolute atomic E-state index is 0.0137. The number of sulfone groups is 1. The first kappa shape index (κ1) is 16.6. The molecule has 1 aliphatic rings. The standard InChI is InChI=1S/C18H17FN2O2S/c1-21-8-7-13(12-21)18-6-5-17(9-14(18)11-20)24(22,23)16-4-2-3-15(19)10-16/h2-6,9-10,13H,7-8,12H2,1H3. The fourth-order valence-electron chi connectivity index (χ4n) is 3.11. The van der Waals surface area contributed by atoms with E-state index in [2.05, 4.69) is 11.0 Å². The van der Waals surface area contributed by atoms with E-state index in [1.807, 2.05) is 7.05 Å². The van der Waals surface area contributed by atoms with Crippen LogP contribution in [-0.2, 0) is 9.84 Å². The Balaban J connectivity index is 2.02. The fourth-order valence-corrected chi connectivity index (χ4v) is 4.43. The summed E-state index contributed by atoms with van der Waals surface area (Å²) in [6, 6.07) is 11.6. The maximum Gasteiger partial charge on any atom is 0.206 e. The molecule has 124 valence electrons. The first-order valence-corrected chi connectivity index (χ1v) is 9.13. The molecule has 0 saturated carbocycles. The van der Waals surface area contributed by atoms with Gasteiger partial charge in [-0.2, -0.15) is 5.26 Å². The number of halogens is 1. The lowest BCUT2D eigenvalue weighted by Crippen LogP contribution is -2.14. The Kier molecular flexibility index (Phi) is 4.39. The maximum absolute atomic E-state index is 13.3. The molecule has 1 heterocycles. The molecule has 1 unspecified atom stereocenters. The van der Waals surface area contributed by atoms with Gasteiger partial charge in [0.05, 0.1) is 21.4 Å². The normalized spacial score (nSPS) is 18.5. The summed E-state index contributed by atoms with van der Waals surface area (Å²) in [5, 5.41) is 9.43. The van der Waals surface area contributed by atoms with Crippen LogP contribution in [0, 0.1) is 17.1 Å². The zero-order valence-electron chi connectivity index (χ0n) is 13.2. The van der Waals surface area contributed by atoms with Crippen LogP contribution < -0.4 is 0 Å². The van der Waals surface area contributed by atoms with Gasteiger partial charge in [0.2, 0.25) is 9.84 Å². The Labute approximate surface area is 141 Å². The highest BCUT2D eigenvalue weighted by Gasteiger charge is 2.25. The molecule has 0 N–H and O–H groups in total. The molecule has 6 heteroatoms. The van der Waals surface area contributed by atoms with Crippen molar-refractivity contribution >= 4 is 9.84 Å². The Bertz CT molecular complexity index is 919. The third-order valence-electron chi connectivity index (χ3n) is 4.39. The molecule has 0 aromatic heterocycles. The molecular weight excluding hydrogens is 327 g/mol. The quantitative estimate of drug-likeness (QED) is 0.859. The van der Waals surface area contributed by atoms with E-state index in [-0.39, 0.29) is 15.7 Å². The van der Waals surface area contributed by atoms with Gasteiger partial charge in [0, 0.05) is 6.54 Å². The summed E-state index contributed by atoms with van der Waals surface area (Å²) in [6.45, 7) is 1.81. The van der Waals surface area contributed by atoms with Crippen molar-refractivity contribution in [1.82, 2.24) is 4.90 Å². The summed E-state index contributed by atoms with van der Waals surface area (Å²) < 4.78 is 38.7. The Morgan fingerprint density at radius 1 is 1.21 bits per heavy atom. The molecule has 0 spiro atoms. The summed E-state index contributed by atoms with van der Waals surface area (Å²) in [5.74, 6) is -0.377. The lowest BCUT2D eigenvalue weighted by atomic mass is 9.94. The predicted octanol–water partition coefficient (Wildman–Crippen LogP) is 2.95. The van der Waals surface area contributed by atoms with Gasteiger partial charge in [-0.15, -0.1) is 0 Å². The van der Waals surface area contributed by atoms with Gasteiger partial charge in [-0.25, -0.2) is 12.8 Å². The van der Waals surface area contributed by atoms with Crippen LogP contribution in [0.5, 0.6) is 0 Å². The van der Waals surface area contributed by atoms with Crippen molar-refractivity contribution < 1.29 is 12.8 Å². The Morgan fingerprint density at radius 2 is 1.96 bits per heavy atom. The lowest BCUT2D eigenvalue weighted by molar-refractivity contribution is 0.411. The zero-order chi connectivity index (χ0) is 17.3. The van der Waals surface area contributed by atoms with Gasteiger partial charge < -0.3 is 4.90 Å². The number of benzene rings is 2. The molecule has 4 nitrogen and oxygen atoms in total. The summed E-state index contributed by atoms with van der Waals surface area (Å²) in [4.78, 5) is 2.09. The maximum atomic E-state index is 13.3. The van der Waals surface area contributed by atoms with E-state index in [0.29, 0.717) is 5.56 Å². The summed E-state index contributed by atoms with van der Waals surface area (Å²) in [7, 11) is -1.82. The van der Waals surface area contributed by atoms with Gasteiger partial charge in [0.25, 0.3) is 0 Å². The van der Waals surface area contributed by atoms with Crippen molar-refractivity contribution in [2.75, 3.05) is 20.1 Å². The topological polar surface area (TPSA) is 61.2 Å². The van der Waals surface area contributed by atoms with Gasteiger partial charge in [0.1, 0.15) is 5.82 Å². The molecule has 2 aromatic rings. The Morgan fingerprint density at radius 3 is 2.58 bits per heavy atom. The van der Waals surface area contributed by atoms with Gasteiger partial charge in [0.15, 0.2) is 0 Å². The van der Waals surface area contributed by atoms with E-state index in [4.69, 9.17) is 0 Å². The molecule has 2 aromatic carbocycles. The number of hydrogen-bond acceptors (Lipinski definition) is 4. The molecule has 0 aliphatic carbocycles. The van der Waals surface area contributed by atoms with Crippen LogP contribution in [0.15, 0.2) is 52.3 Å². The molecular formula is C18H17FN2O2S. The second kappa shape index (κ2) is 6.34. The smallest absolute Gasteiger partial charge is 0.206 e. The molecule has 0 bridgehead atoms. The highest BCUT2D eigenvalue weighted by Crippen LogP contribution is 2.31. The SMILES string of the molecule is CN1CCC(c2ccc(S(=O)(=O)c3cccc(F)c3)cc2C#N)C1. The van der Waals surface area contributed by atoms with Crippen LogP contribution in [0.25, 0.3) is 0 Å². The molecule has 24 heavy (non-hydrogen) atoms. The van der Waals surface area contributed by atoms with Crippen molar-refractivity contribution in [1.29, 1.82) is 5.26 Å². The van der Waals surface area contributed by atoms with Crippen molar-refractivity contribution in [3.05, 3.63) is 59.4 Å². The number of nitrogens with zero attached hydrogens (tertiary/aromatic N) is 2. The monoisotopic (exact) mass is 344 g/mol. The minimum atomic E-state index is -3.85. The van der Waals surface area contributed by atoms with Gasteiger partial charge >= 0.3 is 0 Å². The van der Waals surface area contributed by atoms with Crippen LogP contribution in [-0.4, -0.2) is 33.5 Å². The van der Waals surface area contributed by atoms with E-state index in [0.717, 1.165) is 31.1 Å². The first-order chi connectivity index (χ1) is 11.4. The second-order valence-electron chi connectivity index (χ2n) is 6.07. The third kappa shape index (κ3) is 3.05. The van der Waals surface area contributed by atoms with Crippen LogP contribution in [0.2, 0.25) is 0 Å². The zero-order valence-corrected chi connectivity index (χ0v) is 14.1. The van der Waals surface area contributed by atoms with Crippen LogP contribution in [0.4, 0.5) is 4.39 Å². The number of nitriles is 1. The van der Waals surface area contributed by atoms with Crippen LogP contribution in [0.3, 0.4) is 0 Å². The Hall–Kier alpha value is -2.23. The van der Waals surface area contributed by atoms with E-state index in [9.17, 15) is 18.1 Å². The number of likely N-dealkylation sites (tertiary alicyclic amines) is 1. The molecule has 1 fully saturated rings. The summed E-state index contributed by atoms with van der Waals surface area (Å²) in [5.41, 5.74) is 1.24. The average Bonchev–Trinajstić information content (AvgIpc) is 3.00. The summed E-state index contributed by atoms with van der Waals surface area (Å²) in [6.07, 6.45) is 0.946. The largest absolute Gasteiger partial charge is 0.306 e. The van der Waals surface area contributed by atoms with Crippen molar-refractivity contribution in [3.8, 4) is 6.07 Å². The van der Waals surface area contributed by atoms with E-state index >= 15 is 0 Å². The molecule has 1 saturated heterocycles. The van der Waals surface area contributed by atoms with E-state index in [1.165, 1.54) is 30.3 Å². The van der Waals surface area contributed by atoms with Gasteiger partial charge in [-0.3, -0.25) is 0 Å². The number of likely N-dealkylation sites (N-methyl/N-ethyl adjacent to an activating group) is 1. The van der Waals surface area contributed by atoms with Crippen LogP contribution >= 0.6 is 0 Å². The number of rotatable bonds is 3. The third-order valence-corrected chi connectivity index (χ3v) is 6.14. The lowest BCUT2D eigenvalue weighted by Gasteiger charge is -2.14. The van der Waals surface area contributed by atoms with E-state index in [1.54, 1.807) is 6.07 Å². The van der Waals surface area contributed by atoms with E-state index < -0.39 is 15.7 Å². The molecule has 0 amide bonds. The van der Waals surface area contributed by atoms with Crippen molar-refractivity contribution in [2.24, 2.45) is 0 Å².